The third kappa shape index (κ3) is 4.58. The number of benzene rings is 2. The summed E-state index contributed by atoms with van der Waals surface area (Å²) in [5.74, 6) is -0.199. The molecule has 0 atom stereocenters. The van der Waals surface area contributed by atoms with E-state index in [1.165, 1.54) is 52.6 Å². The Bertz CT molecular complexity index is 999. The molecule has 0 radical (unpaired) electrons. The predicted molar refractivity (Wildman–Crippen MR) is 130 cm³/mol. The van der Waals surface area contributed by atoms with Crippen LogP contribution in [0.15, 0.2) is 59.5 Å². The maximum atomic E-state index is 13.6. The van der Waals surface area contributed by atoms with Gasteiger partial charge in [0, 0.05) is 30.9 Å². The minimum atomic E-state index is -0.973. The smallest absolute Gasteiger partial charge is 0.123 e. The van der Waals surface area contributed by atoms with Gasteiger partial charge in [-0.25, -0.2) is 4.39 Å². The third-order valence-electron chi connectivity index (χ3n) is 6.43. The van der Waals surface area contributed by atoms with E-state index in [0.29, 0.717) is 0 Å². The van der Waals surface area contributed by atoms with Crippen LogP contribution in [0.4, 0.5) is 4.39 Å². The van der Waals surface area contributed by atoms with Crippen LogP contribution < -0.4 is 0 Å². The molecule has 5 heteroatoms. The van der Waals surface area contributed by atoms with Gasteiger partial charge in [-0.3, -0.25) is 4.90 Å². The highest BCUT2D eigenvalue weighted by atomic mass is 32.2. The van der Waals surface area contributed by atoms with Crippen LogP contribution >= 0.6 is 11.8 Å². The Morgan fingerprint density at radius 2 is 1.60 bits per heavy atom. The van der Waals surface area contributed by atoms with Crippen LogP contribution in [0.3, 0.4) is 0 Å². The first-order valence-electron chi connectivity index (χ1n) is 10.7. The van der Waals surface area contributed by atoms with E-state index in [1.807, 2.05) is 12.1 Å². The van der Waals surface area contributed by atoms with Gasteiger partial charge in [-0.1, -0.05) is 25.2 Å². The lowest BCUT2D eigenvalue weighted by atomic mass is 10.1. The predicted octanol–water partition coefficient (Wildman–Crippen LogP) is 6.84. The number of hydrogen-bond acceptors (Lipinski definition) is 2. The van der Waals surface area contributed by atoms with Crippen LogP contribution in [0.2, 0.25) is 25.2 Å². The minimum absolute atomic E-state index is 0.199. The summed E-state index contributed by atoms with van der Waals surface area (Å²) in [5.41, 5.74) is 5.99. The van der Waals surface area contributed by atoms with Crippen molar-refractivity contribution < 1.29 is 4.39 Å². The average molecular weight is 439 g/mol. The van der Waals surface area contributed by atoms with E-state index in [4.69, 9.17) is 0 Å². The monoisotopic (exact) mass is 438 g/mol. The van der Waals surface area contributed by atoms with Gasteiger partial charge in [-0.15, -0.1) is 11.8 Å². The highest BCUT2D eigenvalue weighted by Gasteiger charge is 2.28. The van der Waals surface area contributed by atoms with Crippen molar-refractivity contribution in [3.05, 3.63) is 71.7 Å². The first-order valence-corrected chi connectivity index (χ1v) is 15.3. The average Bonchev–Trinajstić information content (AvgIpc) is 3.06. The van der Waals surface area contributed by atoms with Crippen molar-refractivity contribution in [1.82, 2.24) is 9.47 Å². The van der Waals surface area contributed by atoms with Crippen molar-refractivity contribution in [3.63, 3.8) is 0 Å². The minimum Gasteiger partial charge on any atom is -0.314 e. The molecule has 0 aliphatic carbocycles. The van der Waals surface area contributed by atoms with Crippen LogP contribution in [0.1, 0.15) is 11.3 Å². The highest BCUT2D eigenvalue weighted by Crippen LogP contribution is 2.32. The number of hydrogen-bond donors (Lipinski definition) is 0. The summed E-state index contributed by atoms with van der Waals surface area (Å²) < 4.78 is 15.9. The van der Waals surface area contributed by atoms with E-state index in [0.717, 1.165) is 12.2 Å². The van der Waals surface area contributed by atoms with E-state index in [1.54, 1.807) is 23.9 Å². The van der Waals surface area contributed by atoms with Gasteiger partial charge in [0.15, 0.2) is 0 Å². The molecule has 158 valence electrons. The summed E-state index contributed by atoms with van der Waals surface area (Å²) >= 11 is 1.75. The quantitative estimate of drug-likeness (QED) is 0.318. The first kappa shape index (κ1) is 21.4. The summed E-state index contributed by atoms with van der Waals surface area (Å²) in [6.07, 6.45) is 2.10. The van der Waals surface area contributed by atoms with Gasteiger partial charge in [0.05, 0.1) is 5.69 Å². The van der Waals surface area contributed by atoms with Crippen LogP contribution in [-0.4, -0.2) is 36.9 Å². The van der Waals surface area contributed by atoms with Crippen LogP contribution in [0, 0.1) is 12.7 Å². The molecule has 1 aromatic heterocycles. The number of thioether (sulfide) groups is 1. The topological polar surface area (TPSA) is 8.17 Å². The number of halogens is 1. The Kier molecular flexibility index (Phi) is 6.23. The molecule has 3 aromatic rings. The van der Waals surface area contributed by atoms with Crippen molar-refractivity contribution in [2.24, 2.45) is 0 Å². The molecule has 30 heavy (non-hydrogen) atoms. The fourth-order valence-electron chi connectivity index (χ4n) is 4.27. The van der Waals surface area contributed by atoms with Crippen molar-refractivity contribution in [2.45, 2.75) is 43.5 Å². The molecule has 4 rings (SSSR count). The number of nitrogens with zero attached hydrogens (tertiary/aromatic N) is 2. The highest BCUT2D eigenvalue weighted by molar-refractivity contribution is 7.98. The lowest BCUT2D eigenvalue weighted by Gasteiger charge is -2.35. The summed E-state index contributed by atoms with van der Waals surface area (Å²) in [6.45, 7) is 10.6. The molecule has 1 saturated heterocycles. The Labute approximate surface area is 185 Å². The van der Waals surface area contributed by atoms with Crippen LogP contribution in [0.5, 0.6) is 0 Å². The van der Waals surface area contributed by atoms with Crippen molar-refractivity contribution in [2.75, 3.05) is 19.3 Å². The van der Waals surface area contributed by atoms with E-state index >= 15 is 0 Å². The Balaban J connectivity index is 1.72. The zero-order valence-corrected chi connectivity index (χ0v) is 20.2. The summed E-state index contributed by atoms with van der Waals surface area (Å²) in [6, 6.07) is 20.7. The molecular formula is C25H31FN2SSi. The molecule has 1 aliphatic heterocycles. The second kappa shape index (κ2) is 8.73. The fourth-order valence-corrected chi connectivity index (χ4v) is 6.77. The molecule has 0 bridgehead atoms. The maximum Gasteiger partial charge on any atom is 0.123 e. The number of rotatable bonds is 5. The normalized spacial score (nSPS) is 16.7. The molecule has 0 amide bonds. The molecule has 2 aromatic carbocycles. The van der Waals surface area contributed by atoms with Gasteiger partial charge >= 0.3 is 0 Å². The van der Waals surface area contributed by atoms with Gasteiger partial charge in [0.2, 0.25) is 0 Å². The van der Waals surface area contributed by atoms with Crippen molar-refractivity contribution in [3.8, 4) is 16.9 Å². The Morgan fingerprint density at radius 1 is 0.967 bits per heavy atom. The Hall–Kier alpha value is -1.82. The zero-order chi connectivity index (χ0) is 21.3. The molecule has 2 heterocycles. The lowest BCUT2D eigenvalue weighted by Crippen LogP contribution is -2.42. The van der Waals surface area contributed by atoms with Gasteiger partial charge in [0.1, 0.15) is 5.82 Å². The summed E-state index contributed by atoms with van der Waals surface area (Å²) in [5, 5.41) is 0. The van der Waals surface area contributed by atoms with Crippen molar-refractivity contribution >= 4 is 19.8 Å². The third-order valence-corrected chi connectivity index (χ3v) is 10.3. The van der Waals surface area contributed by atoms with E-state index < -0.39 is 8.07 Å². The molecule has 1 aliphatic rings. The van der Waals surface area contributed by atoms with Gasteiger partial charge in [0.25, 0.3) is 0 Å². The molecule has 0 saturated carbocycles. The lowest BCUT2D eigenvalue weighted by molar-refractivity contribution is 0.281. The molecule has 1 fully saturated rings. The van der Waals surface area contributed by atoms with Crippen LogP contribution in [0.25, 0.3) is 16.9 Å². The molecule has 0 N–H and O–H groups in total. The van der Waals surface area contributed by atoms with E-state index in [-0.39, 0.29) is 5.82 Å². The largest absolute Gasteiger partial charge is 0.314 e. The molecule has 2 nitrogen and oxygen atoms in total. The fraction of sp³-hybridized carbons (Fsp3) is 0.360. The second-order valence-electron chi connectivity index (χ2n) is 9.12. The SMILES string of the molecule is CSc1ccc(-c2cc(CN3CC[Si](C)(C)CC3)c(C)n2-c2ccc(F)cc2)cc1. The summed E-state index contributed by atoms with van der Waals surface area (Å²) in [4.78, 5) is 3.87. The van der Waals surface area contributed by atoms with Gasteiger partial charge < -0.3 is 4.57 Å². The standard InChI is InChI=1S/C25H31FN2SSi/c1-19-21(18-27-13-15-30(3,4)16-14-27)17-25(20-5-11-24(29-2)12-6-20)28(19)23-9-7-22(26)8-10-23/h5-12,17H,13-16,18H2,1-4H3. The van der Waals surface area contributed by atoms with E-state index in [9.17, 15) is 4.39 Å². The van der Waals surface area contributed by atoms with Gasteiger partial charge in [-0.2, -0.15) is 0 Å². The first-order chi connectivity index (χ1) is 14.4. The van der Waals surface area contributed by atoms with E-state index in [2.05, 4.69) is 66.1 Å². The second-order valence-corrected chi connectivity index (χ2v) is 15.3. The molecule has 0 spiro atoms. The Morgan fingerprint density at radius 3 is 2.20 bits per heavy atom. The zero-order valence-electron chi connectivity index (χ0n) is 18.4. The van der Waals surface area contributed by atoms with Crippen molar-refractivity contribution in [1.29, 1.82) is 0 Å². The number of aromatic nitrogens is 1. The molecular weight excluding hydrogens is 407 g/mol. The van der Waals surface area contributed by atoms with Gasteiger partial charge in [-0.05, 0) is 91.9 Å². The summed E-state index contributed by atoms with van der Waals surface area (Å²) in [7, 11) is -0.973. The molecule has 0 unspecified atom stereocenters. The maximum absolute atomic E-state index is 13.6. The van der Waals surface area contributed by atoms with Crippen LogP contribution in [-0.2, 0) is 6.54 Å².